The van der Waals surface area contributed by atoms with Gasteiger partial charge >= 0.3 is 0 Å². The lowest BCUT2D eigenvalue weighted by molar-refractivity contribution is 0.897. The van der Waals surface area contributed by atoms with E-state index in [4.69, 9.17) is 0 Å². The van der Waals surface area contributed by atoms with Crippen LogP contribution in [0.15, 0.2) is 18.2 Å². The lowest BCUT2D eigenvalue weighted by Crippen LogP contribution is -1.92. The van der Waals surface area contributed by atoms with Crippen LogP contribution in [0.5, 0.6) is 0 Å². The molecule has 16 heavy (non-hydrogen) atoms. The van der Waals surface area contributed by atoms with Gasteiger partial charge in [-0.3, -0.25) is 0 Å². The SMILES string of the molecule is CC.CC.CCCc1cc(C)ccc1CC. The van der Waals surface area contributed by atoms with E-state index in [-0.39, 0.29) is 0 Å². The zero-order chi connectivity index (χ0) is 13.0. The molecule has 0 spiro atoms. The highest BCUT2D eigenvalue weighted by Crippen LogP contribution is 2.14. The third kappa shape index (κ3) is 6.66. The number of rotatable bonds is 3. The summed E-state index contributed by atoms with van der Waals surface area (Å²) in [5, 5.41) is 0. The van der Waals surface area contributed by atoms with Crippen molar-refractivity contribution >= 4 is 0 Å². The van der Waals surface area contributed by atoms with E-state index in [1.807, 2.05) is 27.7 Å². The van der Waals surface area contributed by atoms with Crippen LogP contribution in [0.1, 0.15) is 64.7 Å². The molecule has 0 aliphatic heterocycles. The van der Waals surface area contributed by atoms with Crippen LogP contribution < -0.4 is 0 Å². The molecule has 0 saturated carbocycles. The van der Waals surface area contributed by atoms with Crippen molar-refractivity contribution in [2.24, 2.45) is 0 Å². The number of benzene rings is 1. The van der Waals surface area contributed by atoms with Crippen LogP contribution in [-0.4, -0.2) is 0 Å². The van der Waals surface area contributed by atoms with Crippen molar-refractivity contribution in [3.8, 4) is 0 Å². The van der Waals surface area contributed by atoms with Crippen molar-refractivity contribution < 1.29 is 0 Å². The Labute approximate surface area is 103 Å². The van der Waals surface area contributed by atoms with Crippen molar-refractivity contribution in [2.45, 2.75) is 67.7 Å². The molecule has 0 radical (unpaired) electrons. The Balaban J connectivity index is 0. The first-order valence-electron chi connectivity index (χ1n) is 6.86. The lowest BCUT2D eigenvalue weighted by atomic mass is 9.99. The Hall–Kier alpha value is -0.780. The lowest BCUT2D eigenvalue weighted by Gasteiger charge is -2.07. The molecular formula is C16H30. The summed E-state index contributed by atoms with van der Waals surface area (Å²) >= 11 is 0. The number of hydrogen-bond donors (Lipinski definition) is 0. The molecule has 1 rings (SSSR count). The fraction of sp³-hybridized carbons (Fsp3) is 0.625. The fourth-order valence-corrected chi connectivity index (χ4v) is 1.60. The predicted octanol–water partition coefficient (Wildman–Crippen LogP) is 5.56. The first kappa shape index (κ1) is 17.6. The van der Waals surface area contributed by atoms with Gasteiger partial charge in [0.25, 0.3) is 0 Å². The molecule has 0 heterocycles. The van der Waals surface area contributed by atoms with Crippen molar-refractivity contribution in [1.82, 2.24) is 0 Å². The van der Waals surface area contributed by atoms with Crippen LogP contribution in [0, 0.1) is 6.92 Å². The van der Waals surface area contributed by atoms with Gasteiger partial charge in [-0.05, 0) is 30.9 Å². The largest absolute Gasteiger partial charge is 0.0683 e. The molecule has 0 atom stereocenters. The first-order chi connectivity index (χ1) is 7.77. The van der Waals surface area contributed by atoms with E-state index in [0.29, 0.717) is 0 Å². The van der Waals surface area contributed by atoms with Crippen LogP contribution in [0.3, 0.4) is 0 Å². The van der Waals surface area contributed by atoms with E-state index < -0.39 is 0 Å². The Bertz CT molecular complexity index is 248. The minimum Gasteiger partial charge on any atom is -0.0683 e. The minimum absolute atomic E-state index is 1.16. The Kier molecular flexibility index (Phi) is 13.5. The monoisotopic (exact) mass is 222 g/mol. The van der Waals surface area contributed by atoms with Gasteiger partial charge in [0.15, 0.2) is 0 Å². The van der Waals surface area contributed by atoms with Crippen molar-refractivity contribution in [1.29, 1.82) is 0 Å². The van der Waals surface area contributed by atoms with Gasteiger partial charge in [-0.2, -0.15) is 0 Å². The average Bonchev–Trinajstić information content (AvgIpc) is 2.35. The van der Waals surface area contributed by atoms with E-state index in [0.717, 1.165) is 6.42 Å². The van der Waals surface area contributed by atoms with Crippen LogP contribution in [0.2, 0.25) is 0 Å². The van der Waals surface area contributed by atoms with Crippen molar-refractivity contribution in [2.75, 3.05) is 0 Å². The predicted molar refractivity (Wildman–Crippen MR) is 77.2 cm³/mol. The number of hydrogen-bond acceptors (Lipinski definition) is 0. The second-order valence-corrected chi connectivity index (χ2v) is 3.38. The summed E-state index contributed by atoms with van der Waals surface area (Å²) in [5.41, 5.74) is 4.44. The highest BCUT2D eigenvalue weighted by Gasteiger charge is 1.98. The summed E-state index contributed by atoms with van der Waals surface area (Å²) in [6, 6.07) is 6.79. The summed E-state index contributed by atoms with van der Waals surface area (Å²) in [7, 11) is 0. The second kappa shape index (κ2) is 12.3. The van der Waals surface area contributed by atoms with Gasteiger partial charge in [0.2, 0.25) is 0 Å². The maximum absolute atomic E-state index is 2.32. The van der Waals surface area contributed by atoms with Gasteiger partial charge in [-0.25, -0.2) is 0 Å². The van der Waals surface area contributed by atoms with E-state index in [1.165, 1.54) is 24.0 Å². The van der Waals surface area contributed by atoms with Gasteiger partial charge in [0, 0.05) is 0 Å². The van der Waals surface area contributed by atoms with Gasteiger partial charge in [0.05, 0.1) is 0 Å². The van der Waals surface area contributed by atoms with Gasteiger partial charge < -0.3 is 0 Å². The third-order valence-corrected chi connectivity index (χ3v) is 2.26. The zero-order valence-corrected chi connectivity index (χ0v) is 12.4. The molecule has 1 aromatic rings. The molecule has 0 N–H and O–H groups in total. The standard InChI is InChI=1S/C12H18.2C2H6/c1-4-6-12-9-10(3)7-8-11(12)5-2;2*1-2/h7-9H,4-6H2,1-3H3;2*1-2H3. The zero-order valence-electron chi connectivity index (χ0n) is 12.4. The van der Waals surface area contributed by atoms with Gasteiger partial charge in [-0.1, -0.05) is 71.7 Å². The Morgan fingerprint density at radius 1 is 0.875 bits per heavy atom. The molecule has 0 nitrogen and oxygen atoms in total. The summed E-state index contributed by atoms with van der Waals surface area (Å²) in [5.74, 6) is 0. The Morgan fingerprint density at radius 3 is 1.88 bits per heavy atom. The van der Waals surface area contributed by atoms with Crippen LogP contribution in [0.4, 0.5) is 0 Å². The maximum atomic E-state index is 2.32. The Morgan fingerprint density at radius 2 is 1.44 bits per heavy atom. The molecule has 0 aromatic heterocycles. The summed E-state index contributed by atoms with van der Waals surface area (Å²) < 4.78 is 0. The van der Waals surface area contributed by atoms with E-state index >= 15 is 0 Å². The van der Waals surface area contributed by atoms with Gasteiger partial charge in [-0.15, -0.1) is 0 Å². The summed E-state index contributed by atoms with van der Waals surface area (Å²) in [4.78, 5) is 0. The molecule has 0 unspecified atom stereocenters. The van der Waals surface area contributed by atoms with E-state index in [2.05, 4.69) is 39.0 Å². The molecule has 1 aromatic carbocycles. The molecule has 94 valence electrons. The van der Waals surface area contributed by atoms with E-state index in [1.54, 1.807) is 5.56 Å². The topological polar surface area (TPSA) is 0 Å². The molecule has 0 heteroatoms. The molecular weight excluding hydrogens is 192 g/mol. The smallest absolute Gasteiger partial charge is 0.0279 e. The summed E-state index contributed by atoms with van der Waals surface area (Å²) in [6.07, 6.45) is 3.64. The quantitative estimate of drug-likeness (QED) is 0.628. The minimum atomic E-state index is 1.16. The average molecular weight is 222 g/mol. The fourth-order valence-electron chi connectivity index (χ4n) is 1.60. The van der Waals surface area contributed by atoms with Crippen molar-refractivity contribution in [3.63, 3.8) is 0 Å². The second-order valence-electron chi connectivity index (χ2n) is 3.38. The van der Waals surface area contributed by atoms with Gasteiger partial charge in [0.1, 0.15) is 0 Å². The number of aryl methyl sites for hydroxylation is 3. The summed E-state index contributed by atoms with van der Waals surface area (Å²) in [6.45, 7) is 14.6. The molecule has 0 fully saturated rings. The van der Waals surface area contributed by atoms with E-state index in [9.17, 15) is 0 Å². The highest BCUT2D eigenvalue weighted by atomic mass is 14.0. The maximum Gasteiger partial charge on any atom is -0.0279 e. The van der Waals surface area contributed by atoms with Crippen LogP contribution in [-0.2, 0) is 12.8 Å². The molecule has 0 saturated heterocycles. The molecule has 0 aliphatic rings. The first-order valence-corrected chi connectivity index (χ1v) is 6.86. The molecule has 0 bridgehead atoms. The molecule has 0 aliphatic carbocycles. The molecule has 0 amide bonds. The van der Waals surface area contributed by atoms with Crippen LogP contribution >= 0.6 is 0 Å². The highest BCUT2D eigenvalue weighted by molar-refractivity contribution is 5.31. The normalized spacial score (nSPS) is 8.44. The van der Waals surface area contributed by atoms with Crippen molar-refractivity contribution in [3.05, 3.63) is 34.9 Å². The van der Waals surface area contributed by atoms with Crippen LogP contribution in [0.25, 0.3) is 0 Å². The third-order valence-electron chi connectivity index (χ3n) is 2.26.